The number of aryl methyl sites for hydroxylation is 2. The van der Waals surface area contributed by atoms with Crippen LogP contribution < -0.4 is 10.9 Å². The summed E-state index contributed by atoms with van der Waals surface area (Å²) in [6.07, 6.45) is 3.03. The molecule has 8 heteroatoms. The van der Waals surface area contributed by atoms with Gasteiger partial charge >= 0.3 is 0 Å². The van der Waals surface area contributed by atoms with E-state index in [0.717, 1.165) is 16.7 Å². The van der Waals surface area contributed by atoms with Gasteiger partial charge in [-0.05, 0) is 54.8 Å². The highest BCUT2D eigenvalue weighted by molar-refractivity contribution is 6.30. The monoisotopic (exact) mass is 435 g/mol. The average molecular weight is 436 g/mol. The molecule has 2 heterocycles. The number of nitrogens with one attached hydrogen (secondary N) is 1. The summed E-state index contributed by atoms with van der Waals surface area (Å²) in [6, 6.07) is 13.0. The summed E-state index contributed by atoms with van der Waals surface area (Å²) in [7, 11) is 0. The summed E-state index contributed by atoms with van der Waals surface area (Å²) < 4.78 is 3.16. The Kier molecular flexibility index (Phi) is 5.86. The molecule has 0 aliphatic rings. The lowest BCUT2D eigenvalue weighted by atomic mass is 10.1. The van der Waals surface area contributed by atoms with Crippen molar-refractivity contribution in [3.63, 3.8) is 0 Å². The fraction of sp³-hybridized carbons (Fsp3) is 0.217. The highest BCUT2D eigenvalue weighted by Gasteiger charge is 2.12. The number of rotatable bonds is 6. The van der Waals surface area contributed by atoms with Crippen LogP contribution in [0.2, 0.25) is 5.02 Å². The number of hydrogen-bond donors (Lipinski definition) is 1. The SMILES string of the molecule is Cc1ccc(C(=O)NCCn2ncc3c(=O)n(Cc4cccc(Cl)c4)cnc32)cc1C. The van der Waals surface area contributed by atoms with Crippen molar-refractivity contribution in [3.05, 3.63) is 92.6 Å². The molecule has 0 saturated carbocycles. The van der Waals surface area contributed by atoms with Gasteiger partial charge in [0.25, 0.3) is 11.5 Å². The maximum atomic E-state index is 12.8. The Morgan fingerprint density at radius 3 is 2.74 bits per heavy atom. The second-order valence-electron chi connectivity index (χ2n) is 7.47. The van der Waals surface area contributed by atoms with Crippen LogP contribution in [0, 0.1) is 13.8 Å². The number of halogens is 1. The Morgan fingerprint density at radius 1 is 1.13 bits per heavy atom. The van der Waals surface area contributed by atoms with E-state index in [4.69, 9.17) is 11.6 Å². The maximum absolute atomic E-state index is 12.8. The van der Waals surface area contributed by atoms with Crippen molar-refractivity contribution >= 4 is 28.5 Å². The molecule has 4 rings (SSSR count). The van der Waals surface area contributed by atoms with E-state index in [0.29, 0.717) is 41.3 Å². The molecule has 31 heavy (non-hydrogen) atoms. The highest BCUT2D eigenvalue weighted by Crippen LogP contribution is 2.12. The first-order chi connectivity index (χ1) is 14.9. The van der Waals surface area contributed by atoms with Gasteiger partial charge in [0.1, 0.15) is 11.7 Å². The second kappa shape index (κ2) is 8.73. The van der Waals surface area contributed by atoms with Gasteiger partial charge in [0.15, 0.2) is 5.65 Å². The van der Waals surface area contributed by atoms with Gasteiger partial charge in [0, 0.05) is 17.1 Å². The third-order valence-corrected chi connectivity index (χ3v) is 5.48. The predicted octanol–water partition coefficient (Wildman–Crippen LogP) is 3.34. The number of benzene rings is 2. The number of aromatic nitrogens is 4. The summed E-state index contributed by atoms with van der Waals surface area (Å²) in [5.74, 6) is -0.142. The van der Waals surface area contributed by atoms with Crippen LogP contribution in [0.25, 0.3) is 11.0 Å². The van der Waals surface area contributed by atoms with Gasteiger partial charge in [-0.25, -0.2) is 9.67 Å². The molecule has 0 spiro atoms. The molecule has 7 nitrogen and oxygen atoms in total. The number of fused-ring (bicyclic) bond motifs is 1. The van der Waals surface area contributed by atoms with Crippen LogP contribution in [0.15, 0.2) is 59.8 Å². The summed E-state index contributed by atoms with van der Waals surface area (Å²) in [5, 5.41) is 8.23. The molecule has 158 valence electrons. The van der Waals surface area contributed by atoms with E-state index in [1.54, 1.807) is 10.7 Å². The van der Waals surface area contributed by atoms with Crippen molar-refractivity contribution in [1.82, 2.24) is 24.6 Å². The highest BCUT2D eigenvalue weighted by atomic mass is 35.5. The van der Waals surface area contributed by atoms with E-state index in [2.05, 4.69) is 15.4 Å². The van der Waals surface area contributed by atoms with Crippen LogP contribution in [-0.2, 0) is 13.1 Å². The Balaban J connectivity index is 1.45. The van der Waals surface area contributed by atoms with Gasteiger partial charge < -0.3 is 5.32 Å². The van der Waals surface area contributed by atoms with Crippen LogP contribution in [-0.4, -0.2) is 31.8 Å². The molecule has 0 aliphatic heterocycles. The normalized spacial score (nSPS) is 11.1. The number of amides is 1. The van der Waals surface area contributed by atoms with Gasteiger partial charge in [-0.1, -0.05) is 29.8 Å². The molecule has 1 N–H and O–H groups in total. The molecule has 0 atom stereocenters. The fourth-order valence-corrected chi connectivity index (χ4v) is 3.58. The first kappa shape index (κ1) is 20.8. The van der Waals surface area contributed by atoms with Gasteiger partial charge in [0.05, 0.1) is 19.3 Å². The summed E-state index contributed by atoms with van der Waals surface area (Å²) >= 11 is 6.03. The van der Waals surface area contributed by atoms with Crippen molar-refractivity contribution in [2.24, 2.45) is 0 Å². The standard InChI is InChI=1S/C23H22ClN5O2/c1-15-6-7-18(10-16(15)2)22(30)25-8-9-29-21-20(12-27-29)23(31)28(14-26-21)13-17-4-3-5-19(24)11-17/h3-7,10-12,14H,8-9,13H2,1-2H3,(H,25,30). The number of nitrogens with zero attached hydrogens (tertiary/aromatic N) is 4. The van der Waals surface area contributed by atoms with E-state index < -0.39 is 0 Å². The maximum Gasteiger partial charge on any atom is 0.264 e. The average Bonchev–Trinajstić information content (AvgIpc) is 3.16. The smallest absolute Gasteiger partial charge is 0.264 e. The zero-order valence-electron chi connectivity index (χ0n) is 17.3. The number of carbonyl (C=O) groups is 1. The largest absolute Gasteiger partial charge is 0.350 e. The summed E-state index contributed by atoms with van der Waals surface area (Å²) in [6.45, 7) is 5.14. The van der Waals surface area contributed by atoms with Gasteiger partial charge in [0.2, 0.25) is 0 Å². The fourth-order valence-electron chi connectivity index (χ4n) is 3.37. The van der Waals surface area contributed by atoms with Crippen LogP contribution in [0.5, 0.6) is 0 Å². The van der Waals surface area contributed by atoms with E-state index >= 15 is 0 Å². The Morgan fingerprint density at radius 2 is 1.97 bits per heavy atom. The van der Waals surface area contributed by atoms with Crippen molar-refractivity contribution < 1.29 is 4.79 Å². The van der Waals surface area contributed by atoms with Crippen molar-refractivity contribution in [2.75, 3.05) is 6.54 Å². The molecule has 0 aliphatic carbocycles. The number of hydrogen-bond acceptors (Lipinski definition) is 4. The molecule has 0 bridgehead atoms. The Hall–Kier alpha value is -3.45. The van der Waals surface area contributed by atoms with E-state index in [9.17, 15) is 9.59 Å². The van der Waals surface area contributed by atoms with Crippen LogP contribution in [0.1, 0.15) is 27.0 Å². The van der Waals surface area contributed by atoms with E-state index in [-0.39, 0.29) is 11.5 Å². The van der Waals surface area contributed by atoms with Crippen LogP contribution >= 0.6 is 11.6 Å². The molecule has 1 amide bonds. The molecule has 0 saturated heterocycles. The predicted molar refractivity (Wildman–Crippen MR) is 121 cm³/mol. The van der Waals surface area contributed by atoms with Gasteiger partial charge in [-0.15, -0.1) is 0 Å². The lowest BCUT2D eigenvalue weighted by molar-refractivity contribution is 0.0952. The topological polar surface area (TPSA) is 81.8 Å². The zero-order chi connectivity index (χ0) is 22.0. The summed E-state index contributed by atoms with van der Waals surface area (Å²) in [4.78, 5) is 29.6. The van der Waals surface area contributed by atoms with Gasteiger partial charge in [-0.3, -0.25) is 14.2 Å². The van der Waals surface area contributed by atoms with Crippen LogP contribution in [0.3, 0.4) is 0 Å². The molecule has 2 aromatic heterocycles. The minimum absolute atomic E-state index is 0.142. The molecule has 4 aromatic rings. The Labute approximate surface area is 184 Å². The molecular formula is C23H22ClN5O2. The number of carbonyl (C=O) groups excluding carboxylic acids is 1. The lowest BCUT2D eigenvalue weighted by Crippen LogP contribution is -2.28. The third kappa shape index (κ3) is 4.51. The molecular weight excluding hydrogens is 414 g/mol. The van der Waals surface area contributed by atoms with Crippen molar-refractivity contribution in [1.29, 1.82) is 0 Å². The lowest BCUT2D eigenvalue weighted by Gasteiger charge is -2.09. The third-order valence-electron chi connectivity index (χ3n) is 5.24. The molecule has 0 unspecified atom stereocenters. The van der Waals surface area contributed by atoms with Crippen LogP contribution in [0.4, 0.5) is 0 Å². The first-order valence-electron chi connectivity index (χ1n) is 9.93. The Bertz CT molecular complexity index is 1330. The van der Waals surface area contributed by atoms with Crippen molar-refractivity contribution in [2.45, 2.75) is 26.9 Å². The van der Waals surface area contributed by atoms with Gasteiger partial charge in [-0.2, -0.15) is 5.10 Å². The molecule has 0 radical (unpaired) electrons. The summed E-state index contributed by atoms with van der Waals surface area (Å²) in [5.41, 5.74) is 4.08. The molecule has 2 aromatic carbocycles. The zero-order valence-corrected chi connectivity index (χ0v) is 18.1. The second-order valence-corrected chi connectivity index (χ2v) is 7.90. The minimum Gasteiger partial charge on any atom is -0.350 e. The molecule has 0 fully saturated rings. The van der Waals surface area contributed by atoms with E-state index in [1.807, 2.05) is 50.2 Å². The first-order valence-corrected chi connectivity index (χ1v) is 10.3. The minimum atomic E-state index is -0.171. The van der Waals surface area contributed by atoms with Crippen molar-refractivity contribution in [3.8, 4) is 0 Å². The van der Waals surface area contributed by atoms with E-state index in [1.165, 1.54) is 17.1 Å². The quantitative estimate of drug-likeness (QED) is 0.503.